The molecule has 118 valence electrons. The molecule has 0 bridgehead atoms. The molecule has 0 spiro atoms. The summed E-state index contributed by atoms with van der Waals surface area (Å²) in [5, 5.41) is 3.35. The van der Waals surface area contributed by atoms with Crippen LogP contribution in [0.15, 0.2) is 0 Å². The van der Waals surface area contributed by atoms with E-state index in [1.807, 2.05) is 0 Å². The standard InChI is InChI=1S/C14H29N3O2S/c1-13(17-9-3-2-4-10-17)12-16-20(18,19)11-5-8-15-14-6-7-14/h13-16H,2-12H2,1H3. The van der Waals surface area contributed by atoms with Crippen LogP contribution in [0.4, 0.5) is 0 Å². The second-order valence-corrected chi connectivity index (χ2v) is 8.12. The fourth-order valence-electron chi connectivity index (χ4n) is 2.66. The van der Waals surface area contributed by atoms with Gasteiger partial charge < -0.3 is 5.32 Å². The lowest BCUT2D eigenvalue weighted by Gasteiger charge is -2.32. The van der Waals surface area contributed by atoms with Gasteiger partial charge in [-0.1, -0.05) is 6.42 Å². The van der Waals surface area contributed by atoms with Gasteiger partial charge in [0.05, 0.1) is 5.75 Å². The van der Waals surface area contributed by atoms with Crippen molar-refractivity contribution in [2.45, 2.75) is 57.5 Å². The number of nitrogens with one attached hydrogen (secondary N) is 2. The fraction of sp³-hybridized carbons (Fsp3) is 1.00. The largest absolute Gasteiger partial charge is 0.314 e. The molecule has 0 aromatic heterocycles. The van der Waals surface area contributed by atoms with Crippen molar-refractivity contribution >= 4 is 10.0 Å². The molecule has 1 saturated heterocycles. The minimum atomic E-state index is -3.11. The topological polar surface area (TPSA) is 61.4 Å². The first-order chi connectivity index (χ1) is 9.57. The van der Waals surface area contributed by atoms with Gasteiger partial charge in [-0.3, -0.25) is 4.90 Å². The van der Waals surface area contributed by atoms with E-state index in [4.69, 9.17) is 0 Å². The van der Waals surface area contributed by atoms with Crippen molar-refractivity contribution < 1.29 is 8.42 Å². The summed E-state index contributed by atoms with van der Waals surface area (Å²) in [4.78, 5) is 2.39. The summed E-state index contributed by atoms with van der Waals surface area (Å²) in [5.41, 5.74) is 0. The highest BCUT2D eigenvalue weighted by molar-refractivity contribution is 7.89. The van der Waals surface area contributed by atoms with Crippen molar-refractivity contribution in [3.05, 3.63) is 0 Å². The molecule has 6 heteroatoms. The van der Waals surface area contributed by atoms with E-state index in [1.54, 1.807) is 0 Å². The molecule has 2 N–H and O–H groups in total. The monoisotopic (exact) mass is 303 g/mol. The molecule has 2 rings (SSSR count). The molecule has 20 heavy (non-hydrogen) atoms. The normalized spacial score (nSPS) is 22.9. The summed E-state index contributed by atoms with van der Waals surface area (Å²) in [6.07, 6.45) is 6.98. The second kappa shape index (κ2) is 7.73. The minimum absolute atomic E-state index is 0.236. The van der Waals surface area contributed by atoms with E-state index in [9.17, 15) is 8.42 Å². The smallest absolute Gasteiger partial charge is 0.211 e. The van der Waals surface area contributed by atoms with E-state index in [2.05, 4.69) is 21.9 Å². The summed E-state index contributed by atoms with van der Waals surface area (Å²) in [7, 11) is -3.11. The predicted octanol–water partition coefficient (Wildman–Crippen LogP) is 0.922. The maximum absolute atomic E-state index is 11.9. The summed E-state index contributed by atoms with van der Waals surface area (Å²) >= 11 is 0. The molecule has 5 nitrogen and oxygen atoms in total. The Bertz CT molecular complexity index is 376. The van der Waals surface area contributed by atoms with Crippen molar-refractivity contribution in [1.29, 1.82) is 0 Å². The van der Waals surface area contributed by atoms with Gasteiger partial charge in [-0.15, -0.1) is 0 Å². The number of nitrogens with zero attached hydrogens (tertiary/aromatic N) is 1. The molecule has 1 saturated carbocycles. The highest BCUT2D eigenvalue weighted by Crippen LogP contribution is 2.18. The molecule has 0 aromatic carbocycles. The summed E-state index contributed by atoms with van der Waals surface area (Å²) in [6, 6.07) is 0.958. The van der Waals surface area contributed by atoms with E-state index < -0.39 is 10.0 Å². The Labute approximate surface area is 123 Å². The highest BCUT2D eigenvalue weighted by Gasteiger charge is 2.21. The third-order valence-corrected chi connectivity index (χ3v) is 5.65. The van der Waals surface area contributed by atoms with Crippen LogP contribution in [0.1, 0.15) is 45.4 Å². The van der Waals surface area contributed by atoms with Crippen molar-refractivity contribution in [3.63, 3.8) is 0 Å². The van der Waals surface area contributed by atoms with Crippen LogP contribution in [0.5, 0.6) is 0 Å². The Kier molecular flexibility index (Phi) is 6.26. The van der Waals surface area contributed by atoms with Crippen LogP contribution in [0.25, 0.3) is 0 Å². The van der Waals surface area contributed by atoms with Crippen molar-refractivity contribution in [1.82, 2.24) is 14.9 Å². The lowest BCUT2D eigenvalue weighted by Crippen LogP contribution is -2.44. The molecule has 1 unspecified atom stereocenters. The highest BCUT2D eigenvalue weighted by atomic mass is 32.2. The Morgan fingerprint density at radius 1 is 1.20 bits per heavy atom. The summed E-state index contributed by atoms with van der Waals surface area (Å²) in [6.45, 7) is 5.68. The third-order valence-electron chi connectivity index (χ3n) is 4.21. The average molecular weight is 303 g/mol. The predicted molar refractivity (Wildman–Crippen MR) is 82.3 cm³/mol. The molecule has 2 aliphatic rings. The number of likely N-dealkylation sites (tertiary alicyclic amines) is 1. The molecule has 2 fully saturated rings. The molecule has 1 aliphatic carbocycles. The number of sulfonamides is 1. The maximum atomic E-state index is 11.9. The Morgan fingerprint density at radius 2 is 1.90 bits per heavy atom. The lowest BCUT2D eigenvalue weighted by molar-refractivity contribution is 0.175. The maximum Gasteiger partial charge on any atom is 0.211 e. The van der Waals surface area contributed by atoms with Gasteiger partial charge >= 0.3 is 0 Å². The van der Waals surface area contributed by atoms with Crippen LogP contribution in [-0.4, -0.2) is 57.3 Å². The summed E-state index contributed by atoms with van der Waals surface area (Å²) < 4.78 is 26.6. The van der Waals surface area contributed by atoms with Crippen LogP contribution in [-0.2, 0) is 10.0 Å². The van der Waals surface area contributed by atoms with Crippen molar-refractivity contribution in [3.8, 4) is 0 Å². The first kappa shape index (κ1) is 16.2. The molecule has 0 amide bonds. The van der Waals surface area contributed by atoms with Gasteiger partial charge in [0.1, 0.15) is 0 Å². The van der Waals surface area contributed by atoms with Crippen LogP contribution in [0.2, 0.25) is 0 Å². The summed E-state index contributed by atoms with van der Waals surface area (Å²) in [5.74, 6) is 0.236. The zero-order chi connectivity index (χ0) is 14.4. The van der Waals surface area contributed by atoms with Gasteiger partial charge in [0.15, 0.2) is 0 Å². The number of hydrogen-bond acceptors (Lipinski definition) is 4. The molecule has 1 heterocycles. The zero-order valence-electron chi connectivity index (χ0n) is 12.6. The first-order valence-corrected chi connectivity index (χ1v) is 9.67. The molecular weight excluding hydrogens is 274 g/mol. The number of piperidine rings is 1. The molecule has 0 aromatic rings. The lowest BCUT2D eigenvalue weighted by atomic mass is 10.1. The Morgan fingerprint density at radius 3 is 2.55 bits per heavy atom. The van der Waals surface area contributed by atoms with E-state index in [0.717, 1.165) is 19.6 Å². The molecule has 1 atom stereocenters. The van der Waals surface area contributed by atoms with Crippen molar-refractivity contribution in [2.75, 3.05) is 31.9 Å². The Balaban J connectivity index is 1.59. The van der Waals surface area contributed by atoms with Gasteiger partial charge in [-0.2, -0.15) is 0 Å². The fourth-order valence-corrected chi connectivity index (χ4v) is 3.83. The van der Waals surface area contributed by atoms with Gasteiger partial charge in [-0.05, 0) is 58.7 Å². The van der Waals surface area contributed by atoms with Gasteiger partial charge in [-0.25, -0.2) is 13.1 Å². The SMILES string of the molecule is CC(CNS(=O)(=O)CCCNC1CC1)N1CCCCC1. The molecular formula is C14H29N3O2S. The first-order valence-electron chi connectivity index (χ1n) is 8.01. The average Bonchev–Trinajstić information content (AvgIpc) is 3.26. The van der Waals surface area contributed by atoms with Crippen LogP contribution in [0.3, 0.4) is 0 Å². The van der Waals surface area contributed by atoms with Crippen LogP contribution >= 0.6 is 0 Å². The van der Waals surface area contributed by atoms with E-state index in [0.29, 0.717) is 25.0 Å². The molecule has 1 aliphatic heterocycles. The van der Waals surface area contributed by atoms with Crippen LogP contribution in [0, 0.1) is 0 Å². The van der Waals surface area contributed by atoms with Gasteiger partial charge in [0.2, 0.25) is 10.0 Å². The van der Waals surface area contributed by atoms with Crippen molar-refractivity contribution in [2.24, 2.45) is 0 Å². The Hall–Kier alpha value is -0.170. The zero-order valence-corrected chi connectivity index (χ0v) is 13.4. The minimum Gasteiger partial charge on any atom is -0.314 e. The second-order valence-electron chi connectivity index (χ2n) is 6.19. The van der Waals surface area contributed by atoms with E-state index in [-0.39, 0.29) is 5.75 Å². The third kappa shape index (κ3) is 6.08. The van der Waals surface area contributed by atoms with E-state index >= 15 is 0 Å². The number of hydrogen-bond donors (Lipinski definition) is 2. The van der Waals surface area contributed by atoms with E-state index in [1.165, 1.54) is 32.1 Å². The number of rotatable bonds is 9. The van der Waals surface area contributed by atoms with Gasteiger partial charge in [0, 0.05) is 18.6 Å². The molecule has 0 radical (unpaired) electrons. The quantitative estimate of drug-likeness (QED) is 0.622. The van der Waals surface area contributed by atoms with Gasteiger partial charge in [0.25, 0.3) is 0 Å². The van der Waals surface area contributed by atoms with Crippen LogP contribution < -0.4 is 10.0 Å².